The van der Waals surface area contributed by atoms with Crippen LogP contribution in [0.3, 0.4) is 0 Å². The Morgan fingerprint density at radius 2 is 2.25 bits per heavy atom. The Labute approximate surface area is 70.8 Å². The number of carboxylic acid groups (broad SMARTS) is 1. The van der Waals surface area contributed by atoms with Crippen molar-refractivity contribution in [3.63, 3.8) is 0 Å². The van der Waals surface area contributed by atoms with E-state index in [1.165, 1.54) is 5.94 Å². The van der Waals surface area contributed by atoms with Crippen LogP contribution in [-0.2, 0) is 14.3 Å². The van der Waals surface area contributed by atoms with E-state index < -0.39 is 5.97 Å². The van der Waals surface area contributed by atoms with Crippen molar-refractivity contribution in [2.45, 2.75) is 19.8 Å². The first-order valence-corrected chi connectivity index (χ1v) is 3.77. The molecule has 0 aromatic carbocycles. The number of unbranched alkanes of at least 4 members (excludes halogenated alkanes) is 1. The first kappa shape index (κ1) is 10.9. The predicted molar refractivity (Wildman–Crippen MR) is 42.6 cm³/mol. The molecule has 0 aliphatic carbocycles. The molecule has 12 heavy (non-hydrogen) atoms. The van der Waals surface area contributed by atoms with Crippen molar-refractivity contribution >= 4 is 11.9 Å². The first-order valence-electron chi connectivity index (χ1n) is 3.77. The van der Waals surface area contributed by atoms with E-state index in [2.05, 4.69) is 0 Å². The number of hydrogen-bond donors (Lipinski definition) is 1. The van der Waals surface area contributed by atoms with Crippen molar-refractivity contribution in [1.82, 2.24) is 0 Å². The monoisotopic (exact) mass is 172 g/mol. The standard InChI is InChI=1S/C8H12O4/c1-2-3-4-12-6-7(5-9)8(10)11/h2-4,6H2,1H3,(H,10,11). The van der Waals surface area contributed by atoms with E-state index >= 15 is 0 Å². The Morgan fingerprint density at radius 3 is 2.67 bits per heavy atom. The second-order valence-corrected chi connectivity index (χ2v) is 2.29. The van der Waals surface area contributed by atoms with Crippen LogP contribution in [0, 0.1) is 0 Å². The third kappa shape index (κ3) is 4.66. The normalized spacial score (nSPS) is 9.08. The van der Waals surface area contributed by atoms with Gasteiger partial charge in [-0.15, -0.1) is 0 Å². The number of rotatable bonds is 6. The zero-order valence-electron chi connectivity index (χ0n) is 7.00. The number of carbonyl (C=O) groups excluding carboxylic acids is 1. The highest BCUT2D eigenvalue weighted by molar-refractivity contribution is 5.95. The van der Waals surface area contributed by atoms with Gasteiger partial charge < -0.3 is 9.84 Å². The minimum Gasteiger partial charge on any atom is -0.477 e. The summed E-state index contributed by atoms with van der Waals surface area (Å²) in [5.41, 5.74) is -0.355. The van der Waals surface area contributed by atoms with Gasteiger partial charge in [-0.25, -0.2) is 9.59 Å². The molecule has 0 aliphatic heterocycles. The van der Waals surface area contributed by atoms with E-state index in [4.69, 9.17) is 9.84 Å². The molecule has 0 aromatic rings. The molecule has 4 heteroatoms. The lowest BCUT2D eigenvalue weighted by molar-refractivity contribution is -0.133. The van der Waals surface area contributed by atoms with Gasteiger partial charge in [0.25, 0.3) is 0 Å². The molecule has 0 unspecified atom stereocenters. The zero-order valence-corrected chi connectivity index (χ0v) is 7.00. The van der Waals surface area contributed by atoms with Gasteiger partial charge in [0.05, 0.1) is 6.61 Å². The molecule has 0 saturated heterocycles. The molecule has 0 bridgehead atoms. The molecule has 0 fully saturated rings. The summed E-state index contributed by atoms with van der Waals surface area (Å²) >= 11 is 0. The van der Waals surface area contributed by atoms with E-state index in [-0.39, 0.29) is 12.2 Å². The molecule has 0 rings (SSSR count). The van der Waals surface area contributed by atoms with Crippen molar-refractivity contribution in [3.8, 4) is 0 Å². The van der Waals surface area contributed by atoms with Crippen LogP contribution >= 0.6 is 0 Å². The number of hydrogen-bond acceptors (Lipinski definition) is 3. The fourth-order valence-corrected chi connectivity index (χ4v) is 0.555. The summed E-state index contributed by atoms with van der Waals surface area (Å²) in [7, 11) is 0. The molecule has 1 N–H and O–H groups in total. The van der Waals surface area contributed by atoms with Gasteiger partial charge in [-0.05, 0) is 6.42 Å². The van der Waals surface area contributed by atoms with E-state index in [1.54, 1.807) is 0 Å². The Kier molecular flexibility index (Phi) is 5.97. The number of carbonyl (C=O) groups is 1. The van der Waals surface area contributed by atoms with Crippen molar-refractivity contribution < 1.29 is 19.4 Å². The Balaban J connectivity index is 3.61. The van der Waals surface area contributed by atoms with Crippen molar-refractivity contribution in [2.24, 2.45) is 0 Å². The summed E-state index contributed by atoms with van der Waals surface area (Å²) in [5, 5.41) is 8.35. The fourth-order valence-electron chi connectivity index (χ4n) is 0.555. The van der Waals surface area contributed by atoms with Gasteiger partial charge in [-0.1, -0.05) is 13.3 Å². The number of aliphatic carboxylic acids is 1. The minimum atomic E-state index is -1.26. The molecule has 0 aromatic heterocycles. The summed E-state index contributed by atoms with van der Waals surface area (Å²) in [6.45, 7) is 2.32. The van der Waals surface area contributed by atoms with Crippen molar-refractivity contribution in [2.75, 3.05) is 13.2 Å². The molecule has 0 heterocycles. The van der Waals surface area contributed by atoms with Gasteiger partial charge in [0, 0.05) is 6.61 Å². The topological polar surface area (TPSA) is 63.6 Å². The van der Waals surface area contributed by atoms with E-state index in [0.29, 0.717) is 6.61 Å². The molecule has 68 valence electrons. The third-order valence-corrected chi connectivity index (χ3v) is 1.27. The van der Waals surface area contributed by atoms with Crippen LogP contribution < -0.4 is 0 Å². The average molecular weight is 172 g/mol. The second kappa shape index (κ2) is 6.58. The first-order chi connectivity index (χ1) is 5.72. The van der Waals surface area contributed by atoms with E-state index in [9.17, 15) is 9.59 Å². The SMILES string of the molecule is CCCCOCC(=C=O)C(=O)O. The van der Waals surface area contributed by atoms with Crippen LogP contribution in [0.5, 0.6) is 0 Å². The quantitative estimate of drug-likeness (QED) is 0.363. The van der Waals surface area contributed by atoms with Crippen LogP contribution in [-0.4, -0.2) is 30.2 Å². The van der Waals surface area contributed by atoms with Crippen molar-refractivity contribution in [1.29, 1.82) is 0 Å². The molecular formula is C8H12O4. The predicted octanol–water partition coefficient (Wildman–Crippen LogP) is 0.646. The highest BCUT2D eigenvalue weighted by atomic mass is 16.5. The largest absolute Gasteiger partial charge is 0.477 e. The lowest BCUT2D eigenvalue weighted by Gasteiger charge is -1.99. The average Bonchev–Trinajstić information content (AvgIpc) is 2.04. The lowest BCUT2D eigenvalue weighted by atomic mass is 10.3. The van der Waals surface area contributed by atoms with Crippen LogP contribution in [0.15, 0.2) is 5.57 Å². The third-order valence-electron chi connectivity index (χ3n) is 1.27. The summed E-state index contributed by atoms with van der Waals surface area (Å²) < 4.78 is 4.91. The Bertz CT molecular complexity index is 191. The summed E-state index contributed by atoms with van der Waals surface area (Å²) in [6, 6.07) is 0. The van der Waals surface area contributed by atoms with Crippen molar-refractivity contribution in [3.05, 3.63) is 5.57 Å². The lowest BCUT2D eigenvalue weighted by Crippen LogP contribution is -2.09. The van der Waals surface area contributed by atoms with E-state index in [1.807, 2.05) is 6.92 Å². The van der Waals surface area contributed by atoms with Crippen LogP contribution in [0.25, 0.3) is 0 Å². The molecular weight excluding hydrogens is 160 g/mol. The second-order valence-electron chi connectivity index (χ2n) is 2.29. The highest BCUT2D eigenvalue weighted by Gasteiger charge is 2.07. The molecule has 0 amide bonds. The van der Waals surface area contributed by atoms with Gasteiger partial charge >= 0.3 is 5.97 Å². The van der Waals surface area contributed by atoms with Gasteiger partial charge in [0.1, 0.15) is 11.5 Å². The maximum Gasteiger partial charge on any atom is 0.345 e. The fraction of sp³-hybridized carbons (Fsp3) is 0.625. The number of carboxylic acids is 1. The molecule has 0 atom stereocenters. The van der Waals surface area contributed by atoms with Gasteiger partial charge in [0.15, 0.2) is 0 Å². The zero-order chi connectivity index (χ0) is 9.40. The molecule has 0 saturated carbocycles. The minimum absolute atomic E-state index is 0.154. The Morgan fingerprint density at radius 1 is 1.58 bits per heavy atom. The Hall–Kier alpha value is -1.12. The summed E-state index contributed by atoms with van der Waals surface area (Å²) in [5.74, 6) is 0.0580. The van der Waals surface area contributed by atoms with Gasteiger partial charge in [0.2, 0.25) is 0 Å². The molecule has 0 radical (unpaired) electrons. The van der Waals surface area contributed by atoms with E-state index in [0.717, 1.165) is 12.8 Å². The molecule has 4 nitrogen and oxygen atoms in total. The summed E-state index contributed by atoms with van der Waals surface area (Å²) in [4.78, 5) is 20.2. The van der Waals surface area contributed by atoms with Crippen LogP contribution in [0.2, 0.25) is 0 Å². The molecule has 0 aliphatic rings. The maximum atomic E-state index is 10.2. The smallest absolute Gasteiger partial charge is 0.345 e. The van der Waals surface area contributed by atoms with Crippen LogP contribution in [0.4, 0.5) is 0 Å². The van der Waals surface area contributed by atoms with Gasteiger partial charge in [-0.2, -0.15) is 0 Å². The summed E-state index contributed by atoms with van der Waals surface area (Å²) in [6.07, 6.45) is 1.85. The van der Waals surface area contributed by atoms with Gasteiger partial charge in [-0.3, -0.25) is 0 Å². The molecule has 0 spiro atoms. The maximum absolute atomic E-state index is 10.2. The number of ether oxygens (including phenoxy) is 1. The highest BCUT2D eigenvalue weighted by Crippen LogP contribution is 1.93. The van der Waals surface area contributed by atoms with Crippen LogP contribution in [0.1, 0.15) is 19.8 Å².